The Labute approximate surface area is 135 Å². The number of nitrogens with one attached hydrogen (secondary N) is 2. The molecule has 2 aliphatic heterocycles. The van der Waals surface area contributed by atoms with Crippen LogP contribution >= 0.6 is 0 Å². The molecule has 0 bridgehead atoms. The van der Waals surface area contributed by atoms with Crippen LogP contribution in [0.15, 0.2) is 18.3 Å². The summed E-state index contributed by atoms with van der Waals surface area (Å²) in [6.45, 7) is 1.32. The maximum Gasteiger partial charge on any atom is 0.254 e. The summed E-state index contributed by atoms with van der Waals surface area (Å²) in [5.74, 6) is 0.918. The predicted octanol–water partition coefficient (Wildman–Crippen LogP) is 1.54. The Morgan fingerprint density at radius 1 is 1.39 bits per heavy atom. The van der Waals surface area contributed by atoms with Crippen LogP contribution in [-0.4, -0.2) is 46.4 Å². The van der Waals surface area contributed by atoms with Crippen LogP contribution in [0.25, 0.3) is 0 Å². The van der Waals surface area contributed by atoms with Gasteiger partial charge >= 0.3 is 0 Å². The summed E-state index contributed by atoms with van der Waals surface area (Å²) in [4.78, 5) is 30.4. The Balaban J connectivity index is 1.44. The predicted molar refractivity (Wildman–Crippen MR) is 86.1 cm³/mol. The zero-order chi connectivity index (χ0) is 15.9. The molecule has 2 N–H and O–H groups in total. The molecule has 3 fully saturated rings. The number of likely N-dealkylation sites (tertiary alicyclic amines) is 1. The van der Waals surface area contributed by atoms with Crippen LogP contribution in [0, 0.1) is 0 Å². The van der Waals surface area contributed by atoms with E-state index in [9.17, 15) is 9.59 Å². The molecule has 2 amide bonds. The van der Waals surface area contributed by atoms with Gasteiger partial charge in [0.25, 0.3) is 5.91 Å². The molecule has 0 aromatic carbocycles. The Kier molecular flexibility index (Phi) is 3.47. The summed E-state index contributed by atoms with van der Waals surface area (Å²) >= 11 is 0. The molecule has 2 saturated heterocycles. The molecule has 1 aromatic heterocycles. The number of carbonyl (C=O) groups is 2. The zero-order valence-electron chi connectivity index (χ0n) is 13.2. The number of pyridine rings is 1. The Morgan fingerprint density at radius 2 is 2.26 bits per heavy atom. The standard InChI is InChI=1S/C17H22N4O2/c22-15-4-6-17(20-15)7-9-21(11-17)16(23)12-5-8-18-14(10-12)19-13-2-1-3-13/h5,8,10,13H,1-4,6-7,9,11H2,(H,18,19)(H,20,22). The number of hydrogen-bond acceptors (Lipinski definition) is 4. The van der Waals surface area contributed by atoms with E-state index in [1.165, 1.54) is 19.3 Å². The SMILES string of the molecule is O=C1CCC2(CCN(C(=O)c3ccnc(NC4CCC4)c3)C2)N1. The number of amides is 2. The molecule has 23 heavy (non-hydrogen) atoms. The normalized spacial score (nSPS) is 27.1. The summed E-state index contributed by atoms with van der Waals surface area (Å²) in [6.07, 6.45) is 7.56. The van der Waals surface area contributed by atoms with Crippen molar-refractivity contribution in [3.63, 3.8) is 0 Å². The number of nitrogens with zero attached hydrogens (tertiary/aromatic N) is 2. The quantitative estimate of drug-likeness (QED) is 0.887. The summed E-state index contributed by atoms with van der Waals surface area (Å²) in [6, 6.07) is 4.11. The van der Waals surface area contributed by atoms with Gasteiger partial charge in [-0.2, -0.15) is 0 Å². The highest BCUT2D eigenvalue weighted by Gasteiger charge is 2.44. The maximum atomic E-state index is 12.7. The van der Waals surface area contributed by atoms with Gasteiger partial charge in [0.2, 0.25) is 5.91 Å². The second-order valence-corrected chi connectivity index (χ2v) is 7.01. The molecular weight excluding hydrogens is 292 g/mol. The van der Waals surface area contributed by atoms with Gasteiger partial charge in [-0.1, -0.05) is 0 Å². The Morgan fingerprint density at radius 3 is 2.96 bits per heavy atom. The molecule has 6 heteroatoms. The lowest BCUT2D eigenvalue weighted by atomic mass is 9.93. The molecule has 1 atom stereocenters. The molecule has 1 unspecified atom stereocenters. The fourth-order valence-electron chi connectivity index (χ4n) is 3.71. The Hall–Kier alpha value is -2.11. The van der Waals surface area contributed by atoms with E-state index >= 15 is 0 Å². The van der Waals surface area contributed by atoms with Crippen molar-refractivity contribution >= 4 is 17.6 Å². The van der Waals surface area contributed by atoms with Crippen molar-refractivity contribution in [1.82, 2.24) is 15.2 Å². The third kappa shape index (κ3) is 2.78. The van der Waals surface area contributed by atoms with E-state index in [1.54, 1.807) is 12.3 Å². The molecule has 6 nitrogen and oxygen atoms in total. The first-order chi connectivity index (χ1) is 11.1. The smallest absolute Gasteiger partial charge is 0.254 e. The molecule has 1 aromatic rings. The largest absolute Gasteiger partial charge is 0.367 e. The third-order valence-corrected chi connectivity index (χ3v) is 5.34. The number of hydrogen-bond donors (Lipinski definition) is 2. The van der Waals surface area contributed by atoms with Gasteiger partial charge in [-0.15, -0.1) is 0 Å². The van der Waals surface area contributed by atoms with Crippen LogP contribution in [0.1, 0.15) is 48.9 Å². The van der Waals surface area contributed by atoms with Gasteiger partial charge in [0, 0.05) is 37.3 Å². The van der Waals surface area contributed by atoms with E-state index in [-0.39, 0.29) is 17.4 Å². The number of carbonyl (C=O) groups excluding carboxylic acids is 2. The minimum Gasteiger partial charge on any atom is -0.367 e. The lowest BCUT2D eigenvalue weighted by Crippen LogP contribution is -2.44. The van der Waals surface area contributed by atoms with Crippen molar-refractivity contribution in [2.45, 2.75) is 50.1 Å². The summed E-state index contributed by atoms with van der Waals surface area (Å²) in [7, 11) is 0. The second-order valence-electron chi connectivity index (χ2n) is 7.01. The lowest BCUT2D eigenvalue weighted by molar-refractivity contribution is -0.119. The molecule has 1 saturated carbocycles. The van der Waals surface area contributed by atoms with Gasteiger partial charge in [-0.05, 0) is 44.2 Å². The topological polar surface area (TPSA) is 74.3 Å². The molecule has 4 rings (SSSR count). The van der Waals surface area contributed by atoms with Crippen LogP contribution in [0.3, 0.4) is 0 Å². The van der Waals surface area contributed by atoms with Crippen molar-refractivity contribution in [3.8, 4) is 0 Å². The lowest BCUT2D eigenvalue weighted by Gasteiger charge is -2.27. The van der Waals surface area contributed by atoms with Gasteiger partial charge in [-0.25, -0.2) is 4.98 Å². The van der Waals surface area contributed by atoms with Crippen LogP contribution in [0.2, 0.25) is 0 Å². The molecule has 122 valence electrons. The maximum absolute atomic E-state index is 12.7. The number of anilines is 1. The average Bonchev–Trinajstić information content (AvgIpc) is 3.09. The third-order valence-electron chi connectivity index (χ3n) is 5.34. The molecule has 3 aliphatic rings. The number of rotatable bonds is 3. The fraction of sp³-hybridized carbons (Fsp3) is 0.588. The summed E-state index contributed by atoms with van der Waals surface area (Å²) in [5, 5.41) is 6.44. The number of aromatic nitrogens is 1. The van der Waals surface area contributed by atoms with Crippen molar-refractivity contribution in [1.29, 1.82) is 0 Å². The van der Waals surface area contributed by atoms with Crippen LogP contribution in [0.5, 0.6) is 0 Å². The van der Waals surface area contributed by atoms with Gasteiger partial charge < -0.3 is 15.5 Å². The second kappa shape index (κ2) is 5.51. The molecular formula is C17H22N4O2. The van der Waals surface area contributed by atoms with Crippen molar-refractivity contribution in [2.75, 3.05) is 18.4 Å². The van der Waals surface area contributed by atoms with Gasteiger partial charge in [0.1, 0.15) is 5.82 Å². The molecule has 1 spiro atoms. The average molecular weight is 314 g/mol. The minimum absolute atomic E-state index is 0.0297. The fourth-order valence-corrected chi connectivity index (χ4v) is 3.71. The summed E-state index contributed by atoms with van der Waals surface area (Å²) in [5.41, 5.74) is 0.482. The first-order valence-corrected chi connectivity index (χ1v) is 8.46. The van der Waals surface area contributed by atoms with Crippen LogP contribution in [-0.2, 0) is 4.79 Å². The summed E-state index contributed by atoms with van der Waals surface area (Å²) < 4.78 is 0. The first-order valence-electron chi connectivity index (χ1n) is 8.46. The highest BCUT2D eigenvalue weighted by molar-refractivity contribution is 5.95. The van der Waals surface area contributed by atoms with Gasteiger partial charge in [0.05, 0.1) is 5.54 Å². The van der Waals surface area contributed by atoms with Crippen LogP contribution < -0.4 is 10.6 Å². The highest BCUT2D eigenvalue weighted by atomic mass is 16.2. The molecule has 0 radical (unpaired) electrons. The molecule has 3 heterocycles. The van der Waals surface area contributed by atoms with Crippen molar-refractivity contribution in [3.05, 3.63) is 23.9 Å². The van der Waals surface area contributed by atoms with E-state index in [2.05, 4.69) is 15.6 Å². The minimum atomic E-state index is -0.188. The van der Waals surface area contributed by atoms with E-state index in [4.69, 9.17) is 0 Å². The molecule has 1 aliphatic carbocycles. The van der Waals surface area contributed by atoms with Gasteiger partial charge in [-0.3, -0.25) is 9.59 Å². The van der Waals surface area contributed by atoms with E-state index in [1.807, 2.05) is 11.0 Å². The van der Waals surface area contributed by atoms with E-state index in [0.29, 0.717) is 31.1 Å². The zero-order valence-corrected chi connectivity index (χ0v) is 13.2. The van der Waals surface area contributed by atoms with E-state index < -0.39 is 0 Å². The van der Waals surface area contributed by atoms with E-state index in [0.717, 1.165) is 18.7 Å². The van der Waals surface area contributed by atoms with Crippen LogP contribution in [0.4, 0.5) is 5.82 Å². The monoisotopic (exact) mass is 314 g/mol. The van der Waals surface area contributed by atoms with Crippen molar-refractivity contribution in [2.24, 2.45) is 0 Å². The Bertz CT molecular complexity index is 643. The van der Waals surface area contributed by atoms with Crippen molar-refractivity contribution < 1.29 is 9.59 Å². The first kappa shape index (κ1) is 14.5. The van der Waals surface area contributed by atoms with Gasteiger partial charge in [0.15, 0.2) is 0 Å². The highest BCUT2D eigenvalue weighted by Crippen LogP contribution is 2.31.